The molecule has 0 fully saturated rings. The SMILES string of the molecule is CCOC(C)(C)C(N)c1cncc(F)c1. The summed E-state index contributed by atoms with van der Waals surface area (Å²) in [5.41, 5.74) is 6.12. The summed E-state index contributed by atoms with van der Waals surface area (Å²) in [5.74, 6) is -0.379. The molecule has 1 aromatic rings. The van der Waals surface area contributed by atoms with Crippen molar-refractivity contribution in [3.05, 3.63) is 29.8 Å². The Kier molecular flexibility index (Phi) is 3.77. The second-order valence-electron chi connectivity index (χ2n) is 3.95. The van der Waals surface area contributed by atoms with E-state index in [4.69, 9.17) is 10.5 Å². The van der Waals surface area contributed by atoms with Crippen LogP contribution in [-0.4, -0.2) is 17.2 Å². The predicted octanol–water partition coefficient (Wildman–Crippen LogP) is 2.04. The van der Waals surface area contributed by atoms with E-state index in [-0.39, 0.29) is 11.9 Å². The zero-order valence-corrected chi connectivity index (χ0v) is 9.33. The number of aromatic nitrogens is 1. The fourth-order valence-corrected chi connectivity index (χ4v) is 1.46. The Bertz CT molecular complexity index is 328. The van der Waals surface area contributed by atoms with Gasteiger partial charge in [0.1, 0.15) is 5.82 Å². The van der Waals surface area contributed by atoms with Crippen molar-refractivity contribution in [2.45, 2.75) is 32.4 Å². The van der Waals surface area contributed by atoms with Crippen molar-refractivity contribution in [2.24, 2.45) is 5.73 Å². The highest BCUT2D eigenvalue weighted by Gasteiger charge is 2.28. The monoisotopic (exact) mass is 212 g/mol. The van der Waals surface area contributed by atoms with Gasteiger partial charge in [0.2, 0.25) is 0 Å². The van der Waals surface area contributed by atoms with E-state index in [0.717, 1.165) is 6.20 Å². The van der Waals surface area contributed by atoms with E-state index in [1.54, 1.807) is 6.20 Å². The van der Waals surface area contributed by atoms with Crippen LogP contribution in [0.15, 0.2) is 18.5 Å². The Morgan fingerprint density at radius 1 is 1.53 bits per heavy atom. The molecule has 0 radical (unpaired) electrons. The number of ether oxygens (including phenoxy) is 1. The van der Waals surface area contributed by atoms with Crippen molar-refractivity contribution >= 4 is 0 Å². The summed E-state index contributed by atoms with van der Waals surface area (Å²) in [6.07, 6.45) is 2.72. The molecule has 0 spiro atoms. The van der Waals surface area contributed by atoms with Gasteiger partial charge in [0.25, 0.3) is 0 Å². The minimum atomic E-state index is -0.524. The van der Waals surface area contributed by atoms with Crippen molar-refractivity contribution in [2.75, 3.05) is 6.61 Å². The fraction of sp³-hybridized carbons (Fsp3) is 0.545. The molecule has 1 unspecified atom stereocenters. The van der Waals surface area contributed by atoms with Gasteiger partial charge in [0.15, 0.2) is 0 Å². The number of nitrogens with two attached hydrogens (primary N) is 1. The van der Waals surface area contributed by atoms with E-state index in [2.05, 4.69) is 4.98 Å². The van der Waals surface area contributed by atoms with Gasteiger partial charge in [0.05, 0.1) is 17.8 Å². The second-order valence-corrected chi connectivity index (χ2v) is 3.95. The number of halogens is 1. The fourth-order valence-electron chi connectivity index (χ4n) is 1.46. The number of hydrogen-bond donors (Lipinski definition) is 1. The molecule has 2 N–H and O–H groups in total. The highest BCUT2D eigenvalue weighted by atomic mass is 19.1. The summed E-state index contributed by atoms with van der Waals surface area (Å²) in [5, 5.41) is 0. The first-order valence-electron chi connectivity index (χ1n) is 4.97. The van der Waals surface area contributed by atoms with Crippen LogP contribution in [0.5, 0.6) is 0 Å². The van der Waals surface area contributed by atoms with E-state index in [1.807, 2.05) is 20.8 Å². The normalized spacial score (nSPS) is 13.9. The highest BCUT2D eigenvalue weighted by Crippen LogP contribution is 2.26. The first-order chi connectivity index (χ1) is 6.97. The van der Waals surface area contributed by atoms with Crippen LogP contribution in [0.2, 0.25) is 0 Å². The van der Waals surface area contributed by atoms with Crippen LogP contribution in [0.1, 0.15) is 32.4 Å². The molecule has 0 saturated heterocycles. The molecule has 1 aromatic heterocycles. The van der Waals surface area contributed by atoms with Crippen molar-refractivity contribution in [3.63, 3.8) is 0 Å². The van der Waals surface area contributed by atoms with Crippen molar-refractivity contribution < 1.29 is 9.13 Å². The van der Waals surface area contributed by atoms with E-state index >= 15 is 0 Å². The van der Waals surface area contributed by atoms with Crippen LogP contribution in [-0.2, 0) is 4.74 Å². The van der Waals surface area contributed by atoms with Gasteiger partial charge < -0.3 is 10.5 Å². The average molecular weight is 212 g/mol. The molecule has 0 bridgehead atoms. The molecule has 1 atom stereocenters. The summed E-state index contributed by atoms with van der Waals surface area (Å²) in [6, 6.07) is 0.999. The predicted molar refractivity (Wildman–Crippen MR) is 56.8 cm³/mol. The first-order valence-corrected chi connectivity index (χ1v) is 4.97. The second kappa shape index (κ2) is 4.68. The molecule has 0 amide bonds. The molecule has 3 nitrogen and oxygen atoms in total. The molecule has 0 aliphatic carbocycles. The Morgan fingerprint density at radius 2 is 2.20 bits per heavy atom. The van der Waals surface area contributed by atoms with Crippen LogP contribution < -0.4 is 5.73 Å². The molecule has 0 saturated carbocycles. The van der Waals surface area contributed by atoms with Crippen molar-refractivity contribution in [1.82, 2.24) is 4.98 Å². The molecule has 0 aromatic carbocycles. The smallest absolute Gasteiger partial charge is 0.141 e. The van der Waals surface area contributed by atoms with E-state index in [9.17, 15) is 4.39 Å². The zero-order valence-electron chi connectivity index (χ0n) is 9.33. The molecule has 15 heavy (non-hydrogen) atoms. The van der Waals surface area contributed by atoms with Gasteiger partial charge in [0, 0.05) is 12.8 Å². The number of hydrogen-bond acceptors (Lipinski definition) is 3. The Balaban J connectivity index is 2.88. The standard InChI is InChI=1S/C11H17FN2O/c1-4-15-11(2,3)10(13)8-5-9(12)7-14-6-8/h5-7,10H,4,13H2,1-3H3. The molecule has 1 rings (SSSR count). The molecule has 0 aliphatic heterocycles. The summed E-state index contributed by atoms with van der Waals surface area (Å²) in [4.78, 5) is 3.77. The largest absolute Gasteiger partial charge is 0.374 e. The van der Waals surface area contributed by atoms with Gasteiger partial charge in [-0.25, -0.2) is 4.39 Å². The van der Waals surface area contributed by atoms with E-state index < -0.39 is 5.60 Å². The van der Waals surface area contributed by atoms with Crippen LogP contribution in [0.25, 0.3) is 0 Å². The van der Waals surface area contributed by atoms with Crippen LogP contribution in [0, 0.1) is 5.82 Å². The zero-order chi connectivity index (χ0) is 11.5. The number of nitrogens with zero attached hydrogens (tertiary/aromatic N) is 1. The van der Waals surface area contributed by atoms with Crippen LogP contribution >= 0.6 is 0 Å². The lowest BCUT2D eigenvalue weighted by Gasteiger charge is -2.31. The maximum absolute atomic E-state index is 12.9. The number of pyridine rings is 1. The minimum Gasteiger partial charge on any atom is -0.374 e. The third-order valence-electron chi connectivity index (χ3n) is 2.35. The maximum atomic E-state index is 12.9. The van der Waals surface area contributed by atoms with Crippen molar-refractivity contribution in [3.8, 4) is 0 Å². The molecular weight excluding hydrogens is 195 g/mol. The van der Waals surface area contributed by atoms with Crippen LogP contribution in [0.3, 0.4) is 0 Å². The maximum Gasteiger partial charge on any atom is 0.141 e. The van der Waals surface area contributed by atoms with Gasteiger partial charge in [-0.2, -0.15) is 0 Å². The Hall–Kier alpha value is -1.00. The lowest BCUT2D eigenvalue weighted by atomic mass is 9.93. The minimum absolute atomic E-state index is 0.379. The first kappa shape index (κ1) is 12.1. The third-order valence-corrected chi connectivity index (χ3v) is 2.35. The average Bonchev–Trinajstić information content (AvgIpc) is 2.16. The highest BCUT2D eigenvalue weighted by molar-refractivity contribution is 5.17. The Morgan fingerprint density at radius 3 is 2.73 bits per heavy atom. The quantitative estimate of drug-likeness (QED) is 0.830. The van der Waals surface area contributed by atoms with Gasteiger partial charge in [-0.05, 0) is 32.4 Å². The summed E-state index contributed by atoms with van der Waals surface area (Å²) < 4.78 is 18.5. The van der Waals surface area contributed by atoms with Gasteiger partial charge in [-0.1, -0.05) is 0 Å². The third kappa shape index (κ3) is 2.97. The molecule has 4 heteroatoms. The topological polar surface area (TPSA) is 48.1 Å². The van der Waals surface area contributed by atoms with Crippen LogP contribution in [0.4, 0.5) is 4.39 Å². The number of rotatable bonds is 4. The molecule has 1 heterocycles. The van der Waals surface area contributed by atoms with Crippen molar-refractivity contribution in [1.29, 1.82) is 0 Å². The van der Waals surface area contributed by atoms with E-state index in [0.29, 0.717) is 12.2 Å². The summed E-state index contributed by atoms with van der Waals surface area (Å²) >= 11 is 0. The molecule has 0 aliphatic rings. The van der Waals surface area contributed by atoms with E-state index in [1.165, 1.54) is 6.07 Å². The summed E-state index contributed by atoms with van der Waals surface area (Å²) in [7, 11) is 0. The van der Waals surface area contributed by atoms with Gasteiger partial charge in [-0.15, -0.1) is 0 Å². The van der Waals surface area contributed by atoms with Gasteiger partial charge in [-0.3, -0.25) is 4.98 Å². The van der Waals surface area contributed by atoms with Gasteiger partial charge >= 0.3 is 0 Å². The molecular formula is C11H17FN2O. The Labute approximate surface area is 89.5 Å². The molecule has 84 valence electrons. The lowest BCUT2D eigenvalue weighted by molar-refractivity contribution is -0.0299. The summed E-state index contributed by atoms with van der Waals surface area (Å²) in [6.45, 7) is 6.24. The lowest BCUT2D eigenvalue weighted by Crippen LogP contribution is -2.38.